The van der Waals surface area contributed by atoms with Crippen LogP contribution in [0.3, 0.4) is 0 Å². The van der Waals surface area contributed by atoms with Gasteiger partial charge in [-0.3, -0.25) is 10.1 Å². The molecule has 0 spiro atoms. The zero-order chi connectivity index (χ0) is 29.1. The molecule has 0 aliphatic rings. The first-order valence-corrected chi connectivity index (χ1v) is 13.1. The van der Waals surface area contributed by atoms with Gasteiger partial charge in [-0.25, -0.2) is 0 Å². The second-order valence-electron chi connectivity index (χ2n) is 9.04. The van der Waals surface area contributed by atoms with Crippen molar-refractivity contribution in [2.45, 2.75) is 27.1 Å². The van der Waals surface area contributed by atoms with Crippen molar-refractivity contribution < 1.29 is 23.7 Å². The predicted molar refractivity (Wildman–Crippen MR) is 152 cm³/mol. The van der Waals surface area contributed by atoms with Gasteiger partial charge < -0.3 is 19.2 Å². The largest absolute Gasteiger partial charge is 0.617 e. The quantitative estimate of drug-likeness (QED) is 0.0586. The third-order valence-electron chi connectivity index (χ3n) is 6.30. The van der Waals surface area contributed by atoms with Crippen LogP contribution in [0.1, 0.15) is 22.4 Å². The van der Waals surface area contributed by atoms with Crippen molar-refractivity contribution in [2.24, 2.45) is 0 Å². The van der Waals surface area contributed by atoms with Crippen molar-refractivity contribution in [1.82, 2.24) is 10.1 Å². The van der Waals surface area contributed by atoms with Crippen molar-refractivity contribution in [3.05, 3.63) is 121 Å². The summed E-state index contributed by atoms with van der Waals surface area (Å²) in [7, 11) is 0. The molecule has 0 unspecified atom stereocenters. The topological polar surface area (TPSA) is 127 Å². The van der Waals surface area contributed by atoms with Gasteiger partial charge >= 0.3 is 5.69 Å². The molecule has 12 heteroatoms. The molecule has 5 rings (SSSR count). The van der Waals surface area contributed by atoms with Crippen molar-refractivity contribution in [3.8, 4) is 34.3 Å². The van der Waals surface area contributed by atoms with Gasteiger partial charge in [0, 0.05) is 13.0 Å². The molecule has 0 saturated carbocycles. The fraction of sp³-hybridized carbons (Fsp3) is 0.138. The van der Waals surface area contributed by atoms with E-state index in [9.17, 15) is 15.3 Å². The van der Waals surface area contributed by atoms with Gasteiger partial charge in [0.1, 0.15) is 23.8 Å². The summed E-state index contributed by atoms with van der Waals surface area (Å²) < 4.78 is 17.9. The molecule has 2 heterocycles. The average molecular weight is 593 g/mol. The van der Waals surface area contributed by atoms with Gasteiger partial charge in [0.2, 0.25) is 17.3 Å². The van der Waals surface area contributed by atoms with Crippen molar-refractivity contribution in [3.63, 3.8) is 0 Å². The highest BCUT2D eigenvalue weighted by molar-refractivity contribution is 6.34. The molecule has 0 radical (unpaired) electrons. The smallest absolute Gasteiger partial charge is 0.315 e. The molecule has 0 N–H and O–H groups in total. The van der Waals surface area contributed by atoms with E-state index in [0.29, 0.717) is 10.3 Å². The minimum atomic E-state index is -0.572. The number of nitro benzene ring substituents is 1. The monoisotopic (exact) mass is 592 g/mol. The maximum absolute atomic E-state index is 12.5. The van der Waals surface area contributed by atoms with E-state index in [0.717, 1.165) is 11.1 Å². The second kappa shape index (κ2) is 11.8. The number of nitro groups is 1. The Kier molecular flexibility index (Phi) is 8.04. The Balaban J connectivity index is 1.57. The van der Waals surface area contributed by atoms with Crippen LogP contribution in [0.2, 0.25) is 10.2 Å². The number of hydrogen-bond acceptors (Lipinski definition) is 8. The molecule has 0 aliphatic carbocycles. The van der Waals surface area contributed by atoms with E-state index >= 15 is 0 Å². The van der Waals surface area contributed by atoms with Crippen LogP contribution in [0.5, 0.6) is 11.5 Å². The van der Waals surface area contributed by atoms with Gasteiger partial charge in [0.05, 0.1) is 10.5 Å². The van der Waals surface area contributed by atoms with E-state index in [-0.39, 0.29) is 69.1 Å². The minimum Gasteiger partial charge on any atom is -0.617 e. The van der Waals surface area contributed by atoms with E-state index in [2.05, 4.69) is 10.1 Å². The van der Waals surface area contributed by atoms with Gasteiger partial charge in [0.15, 0.2) is 5.75 Å². The first-order chi connectivity index (χ1) is 19.7. The summed E-state index contributed by atoms with van der Waals surface area (Å²) in [6.07, 6.45) is 0. The summed E-state index contributed by atoms with van der Waals surface area (Å²) in [6, 6.07) is 21.4. The van der Waals surface area contributed by atoms with Crippen molar-refractivity contribution in [1.29, 1.82) is 0 Å². The minimum absolute atomic E-state index is 0.00666. The fourth-order valence-corrected chi connectivity index (χ4v) is 4.66. The lowest BCUT2D eigenvalue weighted by molar-refractivity contribution is -0.609. The molecule has 2 aromatic heterocycles. The molecular formula is C29H22Cl2N4O6. The highest BCUT2D eigenvalue weighted by atomic mass is 35.5. The number of benzene rings is 3. The van der Waals surface area contributed by atoms with E-state index in [1.54, 1.807) is 6.92 Å². The zero-order valence-electron chi connectivity index (χ0n) is 21.8. The standard InChI is InChI=1S/C29H22Cl2N4O6/c1-17-24(27(31)34(36)18(2)25(17)30)28-32-29(41-33-28)21-13-22(35(37)38)26(40-16-20-11-7-4-8-12-20)23(14-21)39-15-19-9-5-3-6-10-19/h3-14H,15-16H2,1-2H3. The third-order valence-corrected chi connectivity index (χ3v) is 7.20. The molecule has 0 atom stereocenters. The van der Waals surface area contributed by atoms with Crippen LogP contribution >= 0.6 is 23.2 Å². The number of pyridine rings is 1. The van der Waals surface area contributed by atoms with E-state index < -0.39 is 4.92 Å². The Labute approximate surface area is 244 Å². The highest BCUT2D eigenvalue weighted by Gasteiger charge is 2.29. The number of hydrogen-bond donors (Lipinski definition) is 0. The first-order valence-electron chi connectivity index (χ1n) is 12.3. The number of rotatable bonds is 9. The molecule has 0 bridgehead atoms. The number of aromatic nitrogens is 3. The Hall–Kier alpha value is -4.67. The Morgan fingerprint density at radius 1 is 0.951 bits per heavy atom. The van der Waals surface area contributed by atoms with Crippen LogP contribution in [0.15, 0.2) is 77.3 Å². The molecular weight excluding hydrogens is 571 g/mol. The van der Waals surface area contributed by atoms with Gasteiger partial charge in [0.25, 0.3) is 11.0 Å². The Morgan fingerprint density at radius 3 is 2.17 bits per heavy atom. The number of halogens is 2. The van der Waals surface area contributed by atoms with Crippen LogP contribution in [-0.4, -0.2) is 15.1 Å². The normalized spacial score (nSPS) is 10.9. The van der Waals surface area contributed by atoms with E-state index in [1.807, 2.05) is 60.7 Å². The Bertz CT molecular complexity index is 1700. The summed E-state index contributed by atoms with van der Waals surface area (Å²) in [4.78, 5) is 16.0. The maximum Gasteiger partial charge on any atom is 0.315 e. The molecule has 0 amide bonds. The maximum atomic E-state index is 12.5. The molecule has 3 aromatic carbocycles. The lowest BCUT2D eigenvalue weighted by Crippen LogP contribution is -2.33. The van der Waals surface area contributed by atoms with Crippen LogP contribution in [0, 0.1) is 29.2 Å². The molecule has 0 fully saturated rings. The van der Waals surface area contributed by atoms with Gasteiger partial charge in [-0.1, -0.05) is 77.4 Å². The van der Waals surface area contributed by atoms with Crippen LogP contribution < -0.4 is 14.2 Å². The van der Waals surface area contributed by atoms with Crippen LogP contribution in [0.4, 0.5) is 5.69 Å². The lowest BCUT2D eigenvalue weighted by atomic mass is 10.1. The summed E-state index contributed by atoms with van der Waals surface area (Å²) in [5.41, 5.74) is 2.41. The summed E-state index contributed by atoms with van der Waals surface area (Å²) >= 11 is 12.6. The van der Waals surface area contributed by atoms with Crippen LogP contribution in [0.25, 0.3) is 22.8 Å². The predicted octanol–water partition coefficient (Wildman–Crippen LogP) is 7.03. The fourth-order valence-electron chi connectivity index (χ4n) is 4.14. The van der Waals surface area contributed by atoms with Crippen LogP contribution in [-0.2, 0) is 13.2 Å². The SMILES string of the molecule is Cc1c(Cl)c(C)[n+]([O-])c(Cl)c1-c1noc(-c2cc(OCc3ccccc3)c(OCc3ccccc3)c([N+](=O)[O-])c2)n1. The van der Waals surface area contributed by atoms with Crippen molar-refractivity contribution >= 4 is 28.9 Å². The lowest BCUT2D eigenvalue weighted by Gasteiger charge is -2.14. The second-order valence-corrected chi connectivity index (χ2v) is 9.77. The molecule has 10 nitrogen and oxygen atoms in total. The van der Waals surface area contributed by atoms with Gasteiger partial charge in [-0.15, -0.1) is 0 Å². The molecule has 208 valence electrons. The third kappa shape index (κ3) is 5.79. The van der Waals surface area contributed by atoms with Gasteiger partial charge in [-0.05, 0) is 41.3 Å². The molecule has 0 aliphatic heterocycles. The number of nitrogens with zero attached hydrogens (tertiary/aromatic N) is 4. The van der Waals surface area contributed by atoms with Crippen molar-refractivity contribution in [2.75, 3.05) is 0 Å². The highest BCUT2D eigenvalue weighted by Crippen LogP contribution is 2.42. The molecule has 41 heavy (non-hydrogen) atoms. The zero-order valence-corrected chi connectivity index (χ0v) is 23.3. The molecule has 0 saturated heterocycles. The van der Waals surface area contributed by atoms with E-state index in [1.165, 1.54) is 19.1 Å². The summed E-state index contributed by atoms with van der Waals surface area (Å²) in [6.45, 7) is 3.41. The van der Waals surface area contributed by atoms with E-state index in [4.69, 9.17) is 37.2 Å². The number of ether oxygens (including phenoxy) is 2. The Morgan fingerprint density at radius 2 is 1.56 bits per heavy atom. The average Bonchev–Trinajstić information content (AvgIpc) is 3.47. The first kappa shape index (κ1) is 27.9. The summed E-state index contributed by atoms with van der Waals surface area (Å²) in [5, 5.41) is 28.7. The molecule has 5 aromatic rings. The summed E-state index contributed by atoms with van der Waals surface area (Å²) in [5.74, 6) is -0.00621. The van der Waals surface area contributed by atoms with Gasteiger partial charge in [-0.2, -0.15) is 9.71 Å².